The molecule has 1 aromatic carbocycles. The summed E-state index contributed by atoms with van der Waals surface area (Å²) in [5, 5.41) is 3.58. The van der Waals surface area contributed by atoms with Crippen LogP contribution in [-0.2, 0) is 9.47 Å². The highest BCUT2D eigenvalue weighted by atomic mass is 19.1. The summed E-state index contributed by atoms with van der Waals surface area (Å²) in [6, 6.07) is 7.60. The highest BCUT2D eigenvalue weighted by Gasteiger charge is 2.31. The van der Waals surface area contributed by atoms with Crippen molar-refractivity contribution in [1.29, 1.82) is 0 Å². The maximum absolute atomic E-state index is 13.9. The molecule has 3 saturated heterocycles. The second-order valence-corrected chi connectivity index (χ2v) is 8.18. The molecule has 0 aromatic heterocycles. The van der Waals surface area contributed by atoms with Gasteiger partial charge in [0.2, 0.25) is 0 Å². The maximum Gasteiger partial charge on any atom is 0.193 e. The van der Waals surface area contributed by atoms with Gasteiger partial charge in [-0.15, -0.1) is 0 Å². The Balaban J connectivity index is 1.39. The largest absolute Gasteiger partial charge is 0.379 e. The van der Waals surface area contributed by atoms with Gasteiger partial charge in [-0.3, -0.25) is 14.8 Å². The third kappa shape index (κ3) is 5.29. The molecule has 0 spiro atoms. The minimum atomic E-state index is -0.192. The molecule has 30 heavy (non-hydrogen) atoms. The van der Waals surface area contributed by atoms with Crippen molar-refractivity contribution in [3.05, 3.63) is 35.6 Å². The molecule has 0 amide bonds. The monoisotopic (exact) mass is 419 g/mol. The Morgan fingerprint density at radius 1 is 1.13 bits per heavy atom. The van der Waals surface area contributed by atoms with Crippen molar-refractivity contribution >= 4 is 5.96 Å². The number of morpholine rings is 2. The quantitative estimate of drug-likeness (QED) is 0.572. The lowest BCUT2D eigenvalue weighted by atomic mass is 10.0. The average Bonchev–Trinajstić information content (AvgIpc) is 3.28. The minimum absolute atomic E-state index is 0.0824. The van der Waals surface area contributed by atoms with Crippen LogP contribution in [0.3, 0.4) is 0 Å². The molecule has 2 atom stereocenters. The Bertz CT molecular complexity index is 707. The van der Waals surface area contributed by atoms with Crippen molar-refractivity contribution in [3.63, 3.8) is 0 Å². The molecule has 0 saturated carbocycles. The maximum atomic E-state index is 13.9. The fraction of sp³-hybridized carbons (Fsp3) is 0.682. The number of nitrogens with one attached hydrogen (secondary N) is 1. The fourth-order valence-corrected chi connectivity index (χ4v) is 4.76. The van der Waals surface area contributed by atoms with Gasteiger partial charge < -0.3 is 19.7 Å². The van der Waals surface area contributed by atoms with E-state index in [0.717, 1.165) is 70.4 Å². The number of likely N-dealkylation sites (tertiary alicyclic amines) is 1. The molecule has 1 aromatic rings. The molecule has 3 aliphatic rings. The summed E-state index contributed by atoms with van der Waals surface area (Å²) in [5.74, 6) is 0.739. The first-order valence-corrected chi connectivity index (χ1v) is 11.1. The summed E-state index contributed by atoms with van der Waals surface area (Å²) in [7, 11) is 1.84. The van der Waals surface area contributed by atoms with Crippen LogP contribution in [0.15, 0.2) is 29.3 Å². The Kier molecular flexibility index (Phi) is 7.54. The first-order chi connectivity index (χ1) is 14.7. The highest BCUT2D eigenvalue weighted by molar-refractivity contribution is 5.80. The summed E-state index contributed by atoms with van der Waals surface area (Å²) < 4.78 is 24.9. The van der Waals surface area contributed by atoms with Crippen molar-refractivity contribution in [2.75, 3.05) is 79.3 Å². The van der Waals surface area contributed by atoms with Gasteiger partial charge in [-0.05, 0) is 24.1 Å². The van der Waals surface area contributed by atoms with E-state index >= 15 is 0 Å². The van der Waals surface area contributed by atoms with Crippen molar-refractivity contribution < 1.29 is 13.9 Å². The number of aliphatic imine (C=N–C) groups is 1. The predicted octanol–water partition coefficient (Wildman–Crippen LogP) is 1.18. The lowest BCUT2D eigenvalue weighted by molar-refractivity contribution is 0.0167. The van der Waals surface area contributed by atoms with Crippen molar-refractivity contribution in [1.82, 2.24) is 20.0 Å². The molecular formula is C22H34FN5O2. The third-order valence-corrected chi connectivity index (χ3v) is 6.41. The summed E-state index contributed by atoms with van der Waals surface area (Å²) in [6.45, 7) is 9.51. The van der Waals surface area contributed by atoms with E-state index < -0.39 is 0 Å². The van der Waals surface area contributed by atoms with E-state index in [1.165, 1.54) is 6.07 Å². The SMILES string of the molecule is CN=C(NCC(c1cccc(F)c1)N1CCOCC1)N1CCC(N2CCOCC2)C1. The Labute approximate surface area is 178 Å². The van der Waals surface area contributed by atoms with E-state index in [2.05, 4.69) is 25.0 Å². The molecule has 3 aliphatic heterocycles. The lowest BCUT2D eigenvalue weighted by Gasteiger charge is -2.36. The molecule has 0 aliphatic carbocycles. The molecule has 7 nitrogen and oxygen atoms in total. The van der Waals surface area contributed by atoms with Gasteiger partial charge in [0, 0.05) is 58.9 Å². The Hall–Kier alpha value is -1.74. The summed E-state index contributed by atoms with van der Waals surface area (Å²) in [4.78, 5) is 11.8. The van der Waals surface area contributed by atoms with Crippen LogP contribution in [0.4, 0.5) is 4.39 Å². The van der Waals surface area contributed by atoms with E-state index in [4.69, 9.17) is 9.47 Å². The molecule has 3 fully saturated rings. The number of hydrogen-bond acceptors (Lipinski definition) is 5. The van der Waals surface area contributed by atoms with Gasteiger partial charge in [0.25, 0.3) is 0 Å². The van der Waals surface area contributed by atoms with Crippen LogP contribution < -0.4 is 5.32 Å². The van der Waals surface area contributed by atoms with Gasteiger partial charge >= 0.3 is 0 Å². The Morgan fingerprint density at radius 3 is 2.57 bits per heavy atom. The van der Waals surface area contributed by atoms with Crippen LogP contribution in [-0.4, -0.2) is 106 Å². The molecule has 0 radical (unpaired) electrons. The van der Waals surface area contributed by atoms with Crippen LogP contribution >= 0.6 is 0 Å². The van der Waals surface area contributed by atoms with E-state index in [1.54, 1.807) is 12.1 Å². The number of ether oxygens (including phenoxy) is 2. The molecule has 8 heteroatoms. The zero-order valence-electron chi connectivity index (χ0n) is 17.9. The van der Waals surface area contributed by atoms with Gasteiger partial charge in [-0.25, -0.2) is 4.39 Å². The molecule has 1 N–H and O–H groups in total. The number of nitrogens with zero attached hydrogens (tertiary/aromatic N) is 4. The molecule has 0 bridgehead atoms. The second kappa shape index (κ2) is 10.5. The van der Waals surface area contributed by atoms with Gasteiger partial charge in [-0.1, -0.05) is 12.1 Å². The lowest BCUT2D eigenvalue weighted by Crippen LogP contribution is -2.48. The number of halogens is 1. The Morgan fingerprint density at radius 2 is 1.87 bits per heavy atom. The van der Waals surface area contributed by atoms with E-state index in [1.807, 2.05) is 13.1 Å². The van der Waals surface area contributed by atoms with Crippen molar-refractivity contribution in [3.8, 4) is 0 Å². The van der Waals surface area contributed by atoms with E-state index in [-0.39, 0.29) is 11.9 Å². The van der Waals surface area contributed by atoms with E-state index in [9.17, 15) is 4.39 Å². The van der Waals surface area contributed by atoms with Crippen molar-refractivity contribution in [2.45, 2.75) is 18.5 Å². The topological polar surface area (TPSA) is 52.6 Å². The number of guanidine groups is 1. The minimum Gasteiger partial charge on any atom is -0.379 e. The molecule has 2 unspecified atom stereocenters. The molecular weight excluding hydrogens is 385 g/mol. The standard InChI is InChI=1S/C22H34FN5O2/c1-24-22(28-6-5-20(17-28)26-7-11-29-12-8-26)25-16-21(27-9-13-30-14-10-27)18-3-2-4-19(23)15-18/h2-4,15,20-21H,5-14,16-17H2,1H3,(H,24,25). The van der Waals surface area contributed by atoms with Crippen LogP contribution in [0.2, 0.25) is 0 Å². The number of benzene rings is 1. The fourth-order valence-electron chi connectivity index (χ4n) is 4.76. The normalized spacial score (nSPS) is 25.5. The third-order valence-electron chi connectivity index (χ3n) is 6.41. The first kappa shape index (κ1) is 21.5. The van der Waals surface area contributed by atoms with Gasteiger partial charge in [0.15, 0.2) is 5.96 Å². The predicted molar refractivity (Wildman–Crippen MR) is 115 cm³/mol. The first-order valence-electron chi connectivity index (χ1n) is 11.1. The van der Waals surface area contributed by atoms with Crippen LogP contribution in [0.5, 0.6) is 0 Å². The van der Waals surface area contributed by atoms with E-state index in [0.29, 0.717) is 25.8 Å². The second-order valence-electron chi connectivity index (χ2n) is 8.18. The zero-order valence-corrected chi connectivity index (χ0v) is 17.9. The van der Waals surface area contributed by atoms with Crippen molar-refractivity contribution in [2.24, 2.45) is 4.99 Å². The van der Waals surface area contributed by atoms with Gasteiger partial charge in [0.1, 0.15) is 5.82 Å². The van der Waals surface area contributed by atoms with Gasteiger partial charge in [0.05, 0.1) is 32.5 Å². The number of rotatable bonds is 5. The van der Waals surface area contributed by atoms with Crippen LogP contribution in [0, 0.1) is 5.82 Å². The molecule has 3 heterocycles. The average molecular weight is 420 g/mol. The smallest absolute Gasteiger partial charge is 0.193 e. The summed E-state index contributed by atoms with van der Waals surface area (Å²) in [5.41, 5.74) is 0.993. The molecule has 4 rings (SSSR count). The van der Waals surface area contributed by atoms with Crippen LogP contribution in [0.25, 0.3) is 0 Å². The zero-order chi connectivity index (χ0) is 20.8. The summed E-state index contributed by atoms with van der Waals surface area (Å²) in [6.07, 6.45) is 1.15. The summed E-state index contributed by atoms with van der Waals surface area (Å²) >= 11 is 0. The van der Waals surface area contributed by atoms with Crippen LogP contribution in [0.1, 0.15) is 18.0 Å². The number of hydrogen-bond donors (Lipinski definition) is 1. The van der Waals surface area contributed by atoms with Gasteiger partial charge in [-0.2, -0.15) is 0 Å². The molecule has 166 valence electrons. The highest BCUT2D eigenvalue weighted by Crippen LogP contribution is 2.23.